The Hall–Kier alpha value is -1.42. The summed E-state index contributed by atoms with van der Waals surface area (Å²) in [5.41, 5.74) is 3.21. The SMILES string of the molecule is C=C1CCC(N2Cc3scc(C4CCCC4)c3C2=O)C(=O)C1. The van der Waals surface area contributed by atoms with Gasteiger partial charge < -0.3 is 4.90 Å². The smallest absolute Gasteiger partial charge is 0.256 e. The Morgan fingerprint density at radius 1 is 1.18 bits per heavy atom. The lowest BCUT2D eigenvalue weighted by Gasteiger charge is -2.30. The van der Waals surface area contributed by atoms with Gasteiger partial charge in [0.1, 0.15) is 0 Å². The van der Waals surface area contributed by atoms with Crippen LogP contribution in [0.3, 0.4) is 0 Å². The molecule has 2 aliphatic carbocycles. The van der Waals surface area contributed by atoms with Crippen molar-refractivity contribution in [3.8, 4) is 0 Å². The largest absolute Gasteiger partial charge is 0.323 e. The standard InChI is InChI=1S/C18H21NO2S/c1-11-6-7-14(15(20)8-11)19-9-16-17(18(19)21)13(10-22-16)12-4-2-3-5-12/h10,12,14H,1-9H2. The minimum absolute atomic E-state index is 0.101. The number of hydrogen-bond acceptors (Lipinski definition) is 3. The van der Waals surface area contributed by atoms with Crippen LogP contribution in [0.25, 0.3) is 0 Å². The van der Waals surface area contributed by atoms with Crippen LogP contribution in [-0.2, 0) is 11.3 Å². The molecule has 1 aliphatic heterocycles. The van der Waals surface area contributed by atoms with Crippen LogP contribution in [0, 0.1) is 0 Å². The third-order valence-electron chi connectivity index (χ3n) is 5.42. The van der Waals surface area contributed by atoms with Crippen LogP contribution in [0.4, 0.5) is 0 Å². The average molecular weight is 315 g/mol. The van der Waals surface area contributed by atoms with E-state index in [0.29, 0.717) is 18.9 Å². The molecule has 0 saturated heterocycles. The van der Waals surface area contributed by atoms with Crippen LogP contribution in [-0.4, -0.2) is 22.6 Å². The second kappa shape index (κ2) is 5.34. The fourth-order valence-corrected chi connectivity index (χ4v) is 5.33. The van der Waals surface area contributed by atoms with E-state index in [2.05, 4.69) is 12.0 Å². The third kappa shape index (κ3) is 2.16. The molecule has 116 valence electrons. The average Bonchev–Trinajstić information content (AvgIpc) is 3.18. The fraction of sp³-hybridized carbons (Fsp3) is 0.556. The van der Waals surface area contributed by atoms with Crippen LogP contribution in [0.15, 0.2) is 17.5 Å². The van der Waals surface area contributed by atoms with E-state index in [1.165, 1.54) is 36.1 Å². The van der Waals surface area contributed by atoms with E-state index in [-0.39, 0.29) is 17.7 Å². The number of carbonyl (C=O) groups is 2. The molecule has 2 heterocycles. The van der Waals surface area contributed by atoms with Crippen molar-refractivity contribution in [2.75, 3.05) is 0 Å². The predicted molar refractivity (Wildman–Crippen MR) is 87.2 cm³/mol. The van der Waals surface area contributed by atoms with Crippen LogP contribution < -0.4 is 0 Å². The maximum absolute atomic E-state index is 12.9. The summed E-state index contributed by atoms with van der Waals surface area (Å²) in [5, 5.41) is 2.19. The first-order valence-corrected chi connectivity index (χ1v) is 9.13. The van der Waals surface area contributed by atoms with E-state index in [1.54, 1.807) is 11.3 Å². The normalized spacial score (nSPS) is 26.1. The number of rotatable bonds is 2. The molecule has 3 aliphatic rings. The molecule has 0 radical (unpaired) electrons. The highest BCUT2D eigenvalue weighted by molar-refractivity contribution is 7.10. The van der Waals surface area contributed by atoms with Gasteiger partial charge >= 0.3 is 0 Å². The van der Waals surface area contributed by atoms with Crippen molar-refractivity contribution < 1.29 is 9.59 Å². The summed E-state index contributed by atoms with van der Waals surface area (Å²) in [6.45, 7) is 4.55. The Labute approximate surface area is 135 Å². The first-order chi connectivity index (χ1) is 10.6. The van der Waals surface area contributed by atoms with Gasteiger partial charge in [0, 0.05) is 11.3 Å². The van der Waals surface area contributed by atoms with Gasteiger partial charge in [-0.3, -0.25) is 9.59 Å². The van der Waals surface area contributed by atoms with Gasteiger partial charge in [-0.25, -0.2) is 0 Å². The monoisotopic (exact) mass is 315 g/mol. The van der Waals surface area contributed by atoms with Gasteiger partial charge in [0.2, 0.25) is 0 Å². The Morgan fingerprint density at radius 2 is 1.95 bits per heavy atom. The van der Waals surface area contributed by atoms with E-state index in [0.717, 1.165) is 24.0 Å². The van der Waals surface area contributed by atoms with Gasteiger partial charge in [-0.15, -0.1) is 11.3 Å². The molecule has 1 unspecified atom stereocenters. The first-order valence-electron chi connectivity index (χ1n) is 8.25. The molecule has 0 aromatic carbocycles. The maximum Gasteiger partial charge on any atom is 0.256 e. The number of Topliss-reactive ketones (excluding diaryl/α,β-unsaturated/α-hetero) is 1. The number of ketones is 1. The molecule has 0 bridgehead atoms. The summed E-state index contributed by atoms with van der Waals surface area (Å²) in [5.74, 6) is 0.830. The van der Waals surface area contributed by atoms with Gasteiger partial charge in [0.25, 0.3) is 5.91 Å². The molecule has 4 heteroatoms. The number of nitrogens with zero attached hydrogens (tertiary/aromatic N) is 1. The van der Waals surface area contributed by atoms with Gasteiger partial charge in [0.05, 0.1) is 18.2 Å². The van der Waals surface area contributed by atoms with Crippen molar-refractivity contribution >= 4 is 23.0 Å². The number of amides is 1. The van der Waals surface area contributed by atoms with Crippen molar-refractivity contribution in [2.45, 2.75) is 63.5 Å². The van der Waals surface area contributed by atoms with E-state index in [4.69, 9.17) is 0 Å². The van der Waals surface area contributed by atoms with Crippen molar-refractivity contribution in [3.05, 3.63) is 33.5 Å². The molecule has 2 fully saturated rings. The molecule has 1 amide bonds. The third-order valence-corrected chi connectivity index (χ3v) is 6.41. The highest BCUT2D eigenvalue weighted by Gasteiger charge is 2.41. The molecule has 1 atom stereocenters. The zero-order chi connectivity index (χ0) is 15.3. The molecule has 22 heavy (non-hydrogen) atoms. The lowest BCUT2D eigenvalue weighted by atomic mass is 9.89. The Balaban J connectivity index is 1.60. The van der Waals surface area contributed by atoms with E-state index in [1.807, 2.05) is 4.90 Å². The lowest BCUT2D eigenvalue weighted by molar-refractivity contribution is -0.124. The Bertz CT molecular complexity index is 654. The predicted octanol–water partition coefficient (Wildman–Crippen LogP) is 4.04. The molecule has 3 nitrogen and oxygen atoms in total. The van der Waals surface area contributed by atoms with Crippen LogP contribution in [0.5, 0.6) is 0 Å². The number of fused-ring (bicyclic) bond motifs is 1. The summed E-state index contributed by atoms with van der Waals surface area (Å²) in [6, 6.07) is -0.228. The van der Waals surface area contributed by atoms with Gasteiger partial charge in [0.15, 0.2) is 5.78 Å². The molecule has 2 saturated carbocycles. The summed E-state index contributed by atoms with van der Waals surface area (Å²) < 4.78 is 0. The number of hydrogen-bond donors (Lipinski definition) is 0. The highest BCUT2D eigenvalue weighted by Crippen LogP contribution is 2.43. The van der Waals surface area contributed by atoms with Gasteiger partial charge in [-0.2, -0.15) is 0 Å². The molecule has 0 N–H and O–H groups in total. The van der Waals surface area contributed by atoms with E-state index >= 15 is 0 Å². The van der Waals surface area contributed by atoms with Gasteiger partial charge in [-0.05, 0) is 42.5 Å². The molecular formula is C18H21NO2S. The first kappa shape index (κ1) is 14.2. The van der Waals surface area contributed by atoms with Crippen molar-refractivity contribution in [1.29, 1.82) is 0 Å². The van der Waals surface area contributed by atoms with Gasteiger partial charge in [-0.1, -0.05) is 25.0 Å². The Morgan fingerprint density at radius 3 is 2.68 bits per heavy atom. The highest BCUT2D eigenvalue weighted by atomic mass is 32.1. The maximum atomic E-state index is 12.9. The minimum atomic E-state index is -0.228. The van der Waals surface area contributed by atoms with E-state index in [9.17, 15) is 9.59 Å². The second-order valence-corrected chi connectivity index (χ2v) is 7.82. The van der Waals surface area contributed by atoms with Crippen LogP contribution >= 0.6 is 11.3 Å². The summed E-state index contributed by atoms with van der Waals surface area (Å²) >= 11 is 1.71. The molecule has 1 aromatic heterocycles. The molecule has 0 spiro atoms. The lowest BCUT2D eigenvalue weighted by Crippen LogP contribution is -2.43. The molecule has 1 aromatic rings. The minimum Gasteiger partial charge on any atom is -0.323 e. The number of allylic oxidation sites excluding steroid dienone is 1. The summed E-state index contributed by atoms with van der Waals surface area (Å²) in [6.07, 6.45) is 7.02. The second-order valence-electron chi connectivity index (χ2n) is 6.85. The van der Waals surface area contributed by atoms with Crippen LogP contribution in [0.2, 0.25) is 0 Å². The Kier molecular flexibility index (Phi) is 3.44. The fourth-order valence-electron chi connectivity index (χ4n) is 4.22. The number of thiophene rings is 1. The molecule has 4 rings (SSSR count). The van der Waals surface area contributed by atoms with Crippen molar-refractivity contribution in [1.82, 2.24) is 4.90 Å². The molecular weight excluding hydrogens is 294 g/mol. The summed E-state index contributed by atoms with van der Waals surface area (Å²) in [7, 11) is 0. The zero-order valence-electron chi connectivity index (χ0n) is 12.8. The van der Waals surface area contributed by atoms with Crippen molar-refractivity contribution in [2.24, 2.45) is 0 Å². The quantitative estimate of drug-likeness (QED) is 0.772. The van der Waals surface area contributed by atoms with E-state index < -0.39 is 0 Å². The topological polar surface area (TPSA) is 37.4 Å². The summed E-state index contributed by atoms with van der Waals surface area (Å²) in [4.78, 5) is 28.2. The van der Waals surface area contributed by atoms with Crippen molar-refractivity contribution in [3.63, 3.8) is 0 Å². The number of carbonyl (C=O) groups excluding carboxylic acids is 2. The van der Waals surface area contributed by atoms with Crippen LogP contribution in [0.1, 0.15) is 71.7 Å². The zero-order valence-corrected chi connectivity index (χ0v) is 13.6.